The van der Waals surface area contributed by atoms with E-state index >= 15 is 0 Å². The largest absolute Gasteiger partial charge is 0.367 e. The zero-order valence-electron chi connectivity index (χ0n) is 14.1. The molecule has 0 saturated carbocycles. The number of benzene rings is 1. The number of rotatable bonds is 3. The van der Waals surface area contributed by atoms with Gasteiger partial charge in [0.25, 0.3) is 5.91 Å². The van der Waals surface area contributed by atoms with Gasteiger partial charge in [-0.25, -0.2) is 4.39 Å². The number of hydrogen-bond acceptors (Lipinski definition) is 3. The van der Waals surface area contributed by atoms with Gasteiger partial charge in [-0.2, -0.15) is 5.10 Å². The normalized spacial score (nSPS) is 21.3. The maximum Gasteiger partial charge on any atom is 0.257 e. The summed E-state index contributed by atoms with van der Waals surface area (Å²) in [5.41, 5.74) is 2.33. The van der Waals surface area contributed by atoms with Crippen LogP contribution in [0.5, 0.6) is 0 Å². The lowest BCUT2D eigenvalue weighted by Gasteiger charge is -2.37. The van der Waals surface area contributed by atoms with E-state index in [2.05, 4.69) is 10.2 Å². The van der Waals surface area contributed by atoms with E-state index in [0.29, 0.717) is 18.7 Å². The average molecular weight is 331 g/mol. The highest BCUT2D eigenvalue weighted by molar-refractivity contribution is 5.95. The molecular formula is C18H22FN3O2. The van der Waals surface area contributed by atoms with Gasteiger partial charge in [-0.05, 0) is 30.5 Å². The number of aromatic amines is 1. The summed E-state index contributed by atoms with van der Waals surface area (Å²) in [6, 6.07) is 6.24. The van der Waals surface area contributed by atoms with E-state index < -0.39 is 0 Å². The van der Waals surface area contributed by atoms with Gasteiger partial charge in [0.1, 0.15) is 11.9 Å². The van der Waals surface area contributed by atoms with E-state index in [0.717, 1.165) is 11.3 Å². The minimum absolute atomic E-state index is 0.0466. The van der Waals surface area contributed by atoms with E-state index in [1.807, 2.05) is 20.8 Å². The highest BCUT2D eigenvalue weighted by atomic mass is 19.1. The number of nitrogens with one attached hydrogen (secondary N) is 1. The molecule has 2 heterocycles. The van der Waals surface area contributed by atoms with Crippen LogP contribution in [0.15, 0.2) is 30.5 Å². The molecule has 0 aliphatic carbocycles. The Bertz CT molecular complexity index is 711. The van der Waals surface area contributed by atoms with Crippen molar-refractivity contribution >= 4 is 5.91 Å². The fourth-order valence-electron chi connectivity index (χ4n) is 3.06. The van der Waals surface area contributed by atoms with Crippen LogP contribution in [0.25, 0.3) is 0 Å². The molecule has 0 bridgehead atoms. The first kappa shape index (κ1) is 16.6. The molecule has 1 amide bonds. The minimum Gasteiger partial charge on any atom is -0.367 e. The van der Waals surface area contributed by atoms with Crippen LogP contribution in [0.1, 0.15) is 54.4 Å². The van der Waals surface area contributed by atoms with Crippen LogP contribution in [0.2, 0.25) is 0 Å². The van der Waals surface area contributed by atoms with Crippen LogP contribution in [0, 0.1) is 5.82 Å². The zero-order chi connectivity index (χ0) is 17.3. The third-order valence-corrected chi connectivity index (χ3v) is 4.27. The van der Waals surface area contributed by atoms with E-state index in [-0.39, 0.29) is 29.9 Å². The number of aromatic nitrogens is 2. The van der Waals surface area contributed by atoms with Gasteiger partial charge in [0.2, 0.25) is 0 Å². The first-order valence-electron chi connectivity index (χ1n) is 8.19. The molecular weight excluding hydrogens is 309 g/mol. The molecule has 1 aromatic carbocycles. The molecule has 1 aliphatic rings. The highest BCUT2D eigenvalue weighted by Gasteiger charge is 2.31. The van der Waals surface area contributed by atoms with Crippen LogP contribution >= 0.6 is 0 Å². The lowest BCUT2D eigenvalue weighted by Crippen LogP contribution is -2.46. The monoisotopic (exact) mass is 331 g/mol. The first-order valence-corrected chi connectivity index (χ1v) is 8.19. The van der Waals surface area contributed by atoms with Gasteiger partial charge in [0, 0.05) is 6.54 Å². The summed E-state index contributed by atoms with van der Waals surface area (Å²) in [5, 5.41) is 6.93. The van der Waals surface area contributed by atoms with E-state index in [1.165, 1.54) is 12.1 Å². The molecule has 2 aromatic rings. The number of H-pyrrole nitrogens is 1. The lowest BCUT2D eigenvalue weighted by atomic mass is 10.0. The highest BCUT2D eigenvalue weighted by Crippen LogP contribution is 2.27. The fraction of sp³-hybridized carbons (Fsp3) is 0.444. The Hall–Kier alpha value is -2.21. The summed E-state index contributed by atoms with van der Waals surface area (Å²) in [7, 11) is 0. The lowest BCUT2D eigenvalue weighted by molar-refractivity contribution is -0.0692. The second-order valence-corrected chi connectivity index (χ2v) is 6.55. The molecule has 5 nitrogen and oxygen atoms in total. The first-order chi connectivity index (χ1) is 11.5. The molecule has 1 saturated heterocycles. The Morgan fingerprint density at radius 1 is 1.33 bits per heavy atom. The van der Waals surface area contributed by atoms with Gasteiger partial charge < -0.3 is 9.64 Å². The van der Waals surface area contributed by atoms with Crippen molar-refractivity contribution in [2.75, 3.05) is 13.1 Å². The van der Waals surface area contributed by atoms with Crippen molar-refractivity contribution < 1.29 is 13.9 Å². The molecule has 1 aliphatic heterocycles. The van der Waals surface area contributed by atoms with Crippen molar-refractivity contribution in [3.05, 3.63) is 53.1 Å². The summed E-state index contributed by atoms with van der Waals surface area (Å²) in [6.07, 6.45) is 1.24. The third kappa shape index (κ3) is 3.33. The van der Waals surface area contributed by atoms with Crippen LogP contribution in [-0.4, -0.2) is 40.2 Å². The van der Waals surface area contributed by atoms with Crippen molar-refractivity contribution in [1.82, 2.24) is 15.1 Å². The molecule has 128 valence electrons. The molecule has 2 atom stereocenters. The summed E-state index contributed by atoms with van der Waals surface area (Å²) in [5.74, 6) is -0.136. The second kappa shape index (κ2) is 6.73. The number of nitrogens with zero attached hydrogens (tertiary/aromatic N) is 2. The van der Waals surface area contributed by atoms with E-state index in [1.54, 1.807) is 23.2 Å². The predicted octanol–water partition coefficient (Wildman–Crippen LogP) is 3.27. The van der Waals surface area contributed by atoms with Crippen LogP contribution in [0.4, 0.5) is 4.39 Å². The van der Waals surface area contributed by atoms with Crippen molar-refractivity contribution in [3.63, 3.8) is 0 Å². The number of carbonyl (C=O) groups is 1. The van der Waals surface area contributed by atoms with E-state index in [9.17, 15) is 9.18 Å². The molecule has 3 rings (SSSR count). The maximum absolute atomic E-state index is 13.1. The van der Waals surface area contributed by atoms with Gasteiger partial charge in [0.15, 0.2) is 0 Å². The summed E-state index contributed by atoms with van der Waals surface area (Å²) in [4.78, 5) is 14.7. The molecule has 0 unspecified atom stereocenters. The molecule has 1 N–H and O–H groups in total. The molecule has 24 heavy (non-hydrogen) atoms. The SMILES string of the molecule is CC(C)c1[nH]ncc1C(=O)N1C[C@@H](C)O[C@H](c2ccc(F)cc2)C1. The molecule has 6 heteroatoms. The summed E-state index contributed by atoms with van der Waals surface area (Å²) in [6.45, 7) is 6.95. The number of ether oxygens (including phenoxy) is 1. The van der Waals surface area contributed by atoms with Crippen LogP contribution in [-0.2, 0) is 4.74 Å². The Morgan fingerprint density at radius 3 is 2.71 bits per heavy atom. The standard InChI is InChI=1S/C18H22FN3O2/c1-11(2)17-15(8-20-21-17)18(23)22-9-12(3)24-16(10-22)13-4-6-14(19)7-5-13/h4-8,11-12,16H,9-10H2,1-3H3,(H,20,21)/t12-,16+/m1/s1. The number of amides is 1. The number of carbonyl (C=O) groups excluding carboxylic acids is 1. The Morgan fingerprint density at radius 2 is 2.04 bits per heavy atom. The van der Waals surface area contributed by atoms with Gasteiger partial charge in [-0.15, -0.1) is 0 Å². The van der Waals surface area contributed by atoms with Gasteiger partial charge in [-0.1, -0.05) is 26.0 Å². The molecule has 0 spiro atoms. The third-order valence-electron chi connectivity index (χ3n) is 4.27. The Balaban J connectivity index is 1.81. The van der Waals surface area contributed by atoms with Crippen LogP contribution in [0.3, 0.4) is 0 Å². The smallest absolute Gasteiger partial charge is 0.257 e. The maximum atomic E-state index is 13.1. The zero-order valence-corrected chi connectivity index (χ0v) is 14.1. The van der Waals surface area contributed by atoms with Gasteiger partial charge in [-0.3, -0.25) is 9.89 Å². The van der Waals surface area contributed by atoms with Crippen molar-refractivity contribution in [2.45, 2.75) is 38.9 Å². The number of halogens is 1. The Labute approximate surface area is 140 Å². The molecule has 1 aromatic heterocycles. The number of morpholine rings is 1. The van der Waals surface area contributed by atoms with Gasteiger partial charge in [0.05, 0.1) is 30.1 Å². The van der Waals surface area contributed by atoms with Crippen molar-refractivity contribution in [3.8, 4) is 0 Å². The Kier molecular flexibility index (Phi) is 4.66. The fourth-order valence-corrected chi connectivity index (χ4v) is 3.06. The summed E-state index contributed by atoms with van der Waals surface area (Å²) >= 11 is 0. The predicted molar refractivity (Wildman–Crippen MR) is 88.3 cm³/mol. The number of hydrogen-bond donors (Lipinski definition) is 1. The van der Waals surface area contributed by atoms with Crippen molar-refractivity contribution in [1.29, 1.82) is 0 Å². The summed E-state index contributed by atoms with van der Waals surface area (Å²) < 4.78 is 19.1. The topological polar surface area (TPSA) is 58.2 Å². The van der Waals surface area contributed by atoms with Crippen LogP contribution < -0.4 is 0 Å². The quantitative estimate of drug-likeness (QED) is 0.939. The van der Waals surface area contributed by atoms with Crippen molar-refractivity contribution in [2.24, 2.45) is 0 Å². The second-order valence-electron chi connectivity index (χ2n) is 6.55. The van der Waals surface area contributed by atoms with Gasteiger partial charge >= 0.3 is 0 Å². The van der Waals surface area contributed by atoms with E-state index in [4.69, 9.17) is 4.74 Å². The molecule has 1 fully saturated rings. The molecule has 0 radical (unpaired) electrons. The average Bonchev–Trinajstić information content (AvgIpc) is 3.04. The minimum atomic E-state index is -0.282.